The number of halogens is 1. The Labute approximate surface area is 137 Å². The third-order valence-electron chi connectivity index (χ3n) is 4.46. The molecule has 0 radical (unpaired) electrons. The van der Waals surface area contributed by atoms with Gasteiger partial charge in [0.1, 0.15) is 5.82 Å². The van der Waals surface area contributed by atoms with Gasteiger partial charge in [0, 0.05) is 32.2 Å². The molecule has 128 valence electrons. The second-order valence-corrected chi connectivity index (χ2v) is 5.99. The third kappa shape index (κ3) is 3.23. The van der Waals surface area contributed by atoms with E-state index in [0.717, 1.165) is 10.2 Å². The molecule has 1 amide bonds. The van der Waals surface area contributed by atoms with Crippen LogP contribution in [-0.4, -0.2) is 40.4 Å². The van der Waals surface area contributed by atoms with Gasteiger partial charge < -0.3 is 10.1 Å². The quantitative estimate of drug-likeness (QED) is 0.862. The SMILES string of the molecule is Cn1nc(C(=O)NCC2(c3cccc(F)c3)CCOCC2)[nH]c1=O. The molecule has 0 aliphatic carbocycles. The summed E-state index contributed by atoms with van der Waals surface area (Å²) in [7, 11) is 1.46. The van der Waals surface area contributed by atoms with E-state index in [1.54, 1.807) is 6.07 Å². The number of rotatable bonds is 4. The van der Waals surface area contributed by atoms with Crippen molar-refractivity contribution in [1.29, 1.82) is 0 Å². The van der Waals surface area contributed by atoms with E-state index >= 15 is 0 Å². The summed E-state index contributed by atoms with van der Waals surface area (Å²) in [4.78, 5) is 26.0. The summed E-state index contributed by atoms with van der Waals surface area (Å²) in [5, 5.41) is 6.64. The van der Waals surface area contributed by atoms with Crippen molar-refractivity contribution in [3.63, 3.8) is 0 Å². The van der Waals surface area contributed by atoms with Gasteiger partial charge in [-0.2, -0.15) is 0 Å². The maximum absolute atomic E-state index is 13.6. The molecule has 1 aliphatic rings. The number of hydrogen-bond donors (Lipinski definition) is 2. The first-order valence-corrected chi connectivity index (χ1v) is 7.75. The molecule has 1 aromatic carbocycles. The Kier molecular flexibility index (Phi) is 4.48. The van der Waals surface area contributed by atoms with Crippen LogP contribution in [0.5, 0.6) is 0 Å². The van der Waals surface area contributed by atoms with Crippen molar-refractivity contribution in [3.8, 4) is 0 Å². The lowest BCUT2D eigenvalue weighted by molar-refractivity contribution is 0.0485. The van der Waals surface area contributed by atoms with Gasteiger partial charge in [-0.25, -0.2) is 13.9 Å². The molecule has 0 spiro atoms. The van der Waals surface area contributed by atoms with Gasteiger partial charge >= 0.3 is 5.69 Å². The molecule has 0 atom stereocenters. The van der Waals surface area contributed by atoms with Crippen LogP contribution in [0.2, 0.25) is 0 Å². The van der Waals surface area contributed by atoms with Crippen LogP contribution in [0.3, 0.4) is 0 Å². The molecular formula is C16H19FN4O3. The largest absolute Gasteiger partial charge is 0.381 e. The van der Waals surface area contributed by atoms with Gasteiger partial charge in [0.25, 0.3) is 5.91 Å². The molecule has 3 rings (SSSR count). The van der Waals surface area contributed by atoms with Crippen LogP contribution >= 0.6 is 0 Å². The molecule has 7 nitrogen and oxygen atoms in total. The molecule has 1 aromatic heterocycles. The number of nitrogens with one attached hydrogen (secondary N) is 2. The van der Waals surface area contributed by atoms with Gasteiger partial charge in [-0.05, 0) is 30.5 Å². The Morgan fingerprint density at radius 3 is 2.83 bits per heavy atom. The number of carbonyl (C=O) groups excluding carboxylic acids is 1. The normalized spacial score (nSPS) is 16.8. The molecule has 8 heteroatoms. The van der Waals surface area contributed by atoms with Crippen molar-refractivity contribution >= 4 is 5.91 Å². The second kappa shape index (κ2) is 6.56. The Balaban J connectivity index is 1.80. The second-order valence-electron chi connectivity index (χ2n) is 5.99. The molecule has 2 heterocycles. The zero-order valence-electron chi connectivity index (χ0n) is 13.3. The summed E-state index contributed by atoms with van der Waals surface area (Å²) in [6.07, 6.45) is 1.35. The van der Waals surface area contributed by atoms with Crippen LogP contribution in [0.15, 0.2) is 29.1 Å². The van der Waals surface area contributed by atoms with E-state index < -0.39 is 17.0 Å². The van der Waals surface area contributed by atoms with E-state index in [4.69, 9.17) is 4.74 Å². The first-order chi connectivity index (χ1) is 11.5. The van der Waals surface area contributed by atoms with Crippen molar-refractivity contribution in [2.45, 2.75) is 18.3 Å². The lowest BCUT2D eigenvalue weighted by atomic mass is 9.74. The highest BCUT2D eigenvalue weighted by molar-refractivity contribution is 5.90. The topological polar surface area (TPSA) is 89.0 Å². The number of amides is 1. The van der Waals surface area contributed by atoms with Crippen LogP contribution in [0, 0.1) is 5.82 Å². The first kappa shape index (κ1) is 16.4. The monoisotopic (exact) mass is 334 g/mol. The molecule has 1 fully saturated rings. The van der Waals surface area contributed by atoms with Gasteiger partial charge in [0.05, 0.1) is 0 Å². The van der Waals surface area contributed by atoms with Crippen LogP contribution < -0.4 is 11.0 Å². The maximum Gasteiger partial charge on any atom is 0.343 e. The summed E-state index contributed by atoms with van der Waals surface area (Å²) >= 11 is 0. The first-order valence-electron chi connectivity index (χ1n) is 7.75. The fourth-order valence-corrected chi connectivity index (χ4v) is 2.99. The van der Waals surface area contributed by atoms with Crippen molar-refractivity contribution in [2.24, 2.45) is 7.05 Å². The summed E-state index contributed by atoms with van der Waals surface area (Å²) in [6.45, 7) is 1.41. The van der Waals surface area contributed by atoms with Crippen molar-refractivity contribution in [1.82, 2.24) is 20.1 Å². The van der Waals surface area contributed by atoms with E-state index in [2.05, 4.69) is 15.4 Å². The highest BCUT2D eigenvalue weighted by Gasteiger charge is 2.35. The Hall–Kier alpha value is -2.48. The fraction of sp³-hybridized carbons (Fsp3) is 0.438. The molecule has 0 saturated carbocycles. The highest BCUT2D eigenvalue weighted by atomic mass is 19.1. The maximum atomic E-state index is 13.6. The minimum atomic E-state index is -0.463. The summed E-state index contributed by atoms with van der Waals surface area (Å²) < 4.78 is 20.1. The predicted molar refractivity (Wildman–Crippen MR) is 84.3 cm³/mol. The van der Waals surface area contributed by atoms with Gasteiger partial charge in [-0.1, -0.05) is 12.1 Å². The van der Waals surface area contributed by atoms with Crippen LogP contribution in [0.4, 0.5) is 4.39 Å². The van der Waals surface area contributed by atoms with E-state index in [1.807, 2.05) is 6.07 Å². The Bertz CT molecular complexity index is 793. The van der Waals surface area contributed by atoms with E-state index in [0.29, 0.717) is 32.6 Å². The van der Waals surface area contributed by atoms with Crippen molar-refractivity contribution in [2.75, 3.05) is 19.8 Å². The van der Waals surface area contributed by atoms with Gasteiger partial charge in [0.2, 0.25) is 5.82 Å². The van der Waals surface area contributed by atoms with Gasteiger partial charge in [0.15, 0.2) is 0 Å². The average Bonchev–Trinajstić information content (AvgIpc) is 2.93. The number of aromatic amines is 1. The number of hydrogen-bond acceptors (Lipinski definition) is 4. The van der Waals surface area contributed by atoms with E-state index in [9.17, 15) is 14.0 Å². The van der Waals surface area contributed by atoms with Gasteiger partial charge in [-0.15, -0.1) is 5.10 Å². The number of benzene rings is 1. The summed E-state index contributed by atoms with van der Waals surface area (Å²) in [6, 6.07) is 6.43. The highest BCUT2D eigenvalue weighted by Crippen LogP contribution is 2.34. The number of ether oxygens (including phenoxy) is 1. The smallest absolute Gasteiger partial charge is 0.343 e. The molecule has 0 unspecified atom stereocenters. The lowest BCUT2D eigenvalue weighted by Crippen LogP contribution is -2.45. The molecule has 0 bridgehead atoms. The van der Waals surface area contributed by atoms with Gasteiger partial charge in [-0.3, -0.25) is 9.78 Å². The van der Waals surface area contributed by atoms with E-state index in [1.165, 1.54) is 19.2 Å². The standard InChI is InChI=1S/C16H19FN4O3/c1-21-15(23)19-13(20-21)14(22)18-10-16(5-7-24-8-6-16)11-3-2-4-12(17)9-11/h2-4,9H,5-8,10H2,1H3,(H,18,22)(H,19,20,23). The van der Waals surface area contributed by atoms with Crippen LogP contribution in [0.1, 0.15) is 29.0 Å². The molecule has 2 N–H and O–H groups in total. The molecule has 1 saturated heterocycles. The number of nitrogens with zero attached hydrogens (tertiary/aromatic N) is 2. The average molecular weight is 334 g/mol. The zero-order valence-corrected chi connectivity index (χ0v) is 13.3. The third-order valence-corrected chi connectivity index (χ3v) is 4.46. The lowest BCUT2D eigenvalue weighted by Gasteiger charge is -2.37. The number of H-pyrrole nitrogens is 1. The predicted octanol–water partition coefficient (Wildman–Crippen LogP) is 0.726. The Morgan fingerprint density at radius 1 is 1.46 bits per heavy atom. The van der Waals surface area contributed by atoms with E-state index in [-0.39, 0.29) is 11.6 Å². The number of aryl methyl sites for hydroxylation is 1. The summed E-state index contributed by atoms with van der Waals surface area (Å²) in [5.74, 6) is -0.808. The fourth-order valence-electron chi connectivity index (χ4n) is 2.99. The molecule has 1 aliphatic heterocycles. The van der Waals surface area contributed by atoms with Crippen LogP contribution in [-0.2, 0) is 17.2 Å². The van der Waals surface area contributed by atoms with Crippen molar-refractivity contribution in [3.05, 3.63) is 52.0 Å². The minimum Gasteiger partial charge on any atom is -0.381 e. The Morgan fingerprint density at radius 2 is 2.21 bits per heavy atom. The number of carbonyl (C=O) groups is 1. The van der Waals surface area contributed by atoms with Crippen molar-refractivity contribution < 1.29 is 13.9 Å². The minimum absolute atomic E-state index is 0.0380. The summed E-state index contributed by atoms with van der Waals surface area (Å²) in [5.41, 5.74) is -0.0166. The molecular weight excluding hydrogens is 315 g/mol. The molecule has 2 aromatic rings. The van der Waals surface area contributed by atoms with Crippen LogP contribution in [0.25, 0.3) is 0 Å². The zero-order chi connectivity index (χ0) is 17.2. The number of aromatic nitrogens is 3. The molecule has 24 heavy (non-hydrogen) atoms.